The zero-order valence-corrected chi connectivity index (χ0v) is 18.1. The molecule has 0 saturated carbocycles. The van der Waals surface area contributed by atoms with Gasteiger partial charge in [-0.25, -0.2) is 4.98 Å². The number of allylic oxidation sites excluding steroid dienone is 1. The van der Waals surface area contributed by atoms with Crippen LogP contribution >= 0.6 is 0 Å². The number of amides is 1. The molecule has 1 N–H and O–H groups in total. The van der Waals surface area contributed by atoms with Crippen molar-refractivity contribution < 1.29 is 9.21 Å². The van der Waals surface area contributed by atoms with Crippen LogP contribution in [0, 0.1) is 6.92 Å². The van der Waals surface area contributed by atoms with E-state index in [0.717, 1.165) is 43.6 Å². The normalized spacial score (nSPS) is 15.5. The number of aryl methyl sites for hydroxylation is 2. The molecule has 1 amide bonds. The second kappa shape index (κ2) is 8.44. The summed E-state index contributed by atoms with van der Waals surface area (Å²) >= 11 is 0. The number of hydrogen-bond donors (Lipinski definition) is 1. The highest BCUT2D eigenvalue weighted by Crippen LogP contribution is 2.27. The van der Waals surface area contributed by atoms with Gasteiger partial charge in [-0.3, -0.25) is 14.4 Å². The van der Waals surface area contributed by atoms with E-state index >= 15 is 0 Å². The van der Waals surface area contributed by atoms with Gasteiger partial charge < -0.3 is 9.73 Å². The fraction of sp³-hybridized carbons (Fsp3) is 0.435. The van der Waals surface area contributed by atoms with Crippen molar-refractivity contribution >= 4 is 16.9 Å². The van der Waals surface area contributed by atoms with E-state index in [4.69, 9.17) is 4.42 Å². The van der Waals surface area contributed by atoms with E-state index < -0.39 is 0 Å². The van der Waals surface area contributed by atoms with E-state index in [9.17, 15) is 4.79 Å². The van der Waals surface area contributed by atoms with Crippen molar-refractivity contribution in [3.8, 4) is 11.5 Å². The van der Waals surface area contributed by atoms with Gasteiger partial charge in [-0.15, -0.1) is 0 Å². The number of furan rings is 1. The average Bonchev–Trinajstić information content (AvgIpc) is 3.35. The first-order valence-electron chi connectivity index (χ1n) is 10.5. The third-order valence-corrected chi connectivity index (χ3v) is 5.67. The maximum Gasteiger partial charge on any atom is 0.252 e. The molecule has 1 saturated heterocycles. The van der Waals surface area contributed by atoms with Gasteiger partial charge in [0.05, 0.1) is 22.9 Å². The summed E-state index contributed by atoms with van der Waals surface area (Å²) in [6, 6.07) is 5.65. The first kappa shape index (κ1) is 20.3. The van der Waals surface area contributed by atoms with Crippen LogP contribution in [-0.4, -0.2) is 51.2 Å². The summed E-state index contributed by atoms with van der Waals surface area (Å²) in [5, 5.41) is 8.52. The number of carbonyl (C=O) groups excluding carboxylic acids is 1. The Balaban J connectivity index is 1.55. The summed E-state index contributed by atoms with van der Waals surface area (Å²) in [6.07, 6.45) is 5.77. The quantitative estimate of drug-likeness (QED) is 0.653. The van der Waals surface area contributed by atoms with E-state index in [1.807, 2.05) is 32.2 Å². The molecule has 0 aliphatic carbocycles. The summed E-state index contributed by atoms with van der Waals surface area (Å²) in [7, 11) is 1.85. The van der Waals surface area contributed by atoms with Gasteiger partial charge in [0, 0.05) is 32.7 Å². The number of rotatable bonds is 5. The van der Waals surface area contributed by atoms with Crippen LogP contribution in [0.15, 0.2) is 40.5 Å². The lowest BCUT2D eigenvalue weighted by molar-refractivity contribution is 0.0915. The standard InChI is InChI=1S/C23H29N5O2/c1-15(2)7-10-28-11-8-17(9-12-28)24-23(29)18-14-19(20-6-5-13-30-20)25-22-21(18)16(3)26-27(22)4/h5-7,13-14,17H,8-12H2,1-4H3,(H,24,29). The predicted octanol–water partition coefficient (Wildman–Crippen LogP) is 3.70. The Kier molecular flexibility index (Phi) is 5.72. The van der Waals surface area contributed by atoms with Crippen LogP contribution in [0.4, 0.5) is 0 Å². The predicted molar refractivity (Wildman–Crippen MR) is 117 cm³/mol. The molecule has 4 heterocycles. The fourth-order valence-electron chi connectivity index (χ4n) is 4.01. The second-order valence-corrected chi connectivity index (χ2v) is 8.27. The van der Waals surface area contributed by atoms with Crippen LogP contribution in [0.1, 0.15) is 42.7 Å². The zero-order valence-electron chi connectivity index (χ0n) is 18.1. The second-order valence-electron chi connectivity index (χ2n) is 8.27. The Bertz CT molecular complexity index is 1070. The molecule has 1 aliphatic rings. The fourth-order valence-corrected chi connectivity index (χ4v) is 4.01. The average molecular weight is 408 g/mol. The monoisotopic (exact) mass is 407 g/mol. The Hall–Kier alpha value is -2.93. The number of pyridine rings is 1. The van der Waals surface area contributed by atoms with Gasteiger partial charge in [-0.1, -0.05) is 11.6 Å². The molecule has 0 bridgehead atoms. The van der Waals surface area contributed by atoms with Gasteiger partial charge in [0.15, 0.2) is 11.4 Å². The molecule has 0 radical (unpaired) electrons. The van der Waals surface area contributed by atoms with Crippen molar-refractivity contribution in [1.29, 1.82) is 0 Å². The van der Waals surface area contributed by atoms with Crippen molar-refractivity contribution in [3.63, 3.8) is 0 Å². The molecule has 3 aromatic rings. The van der Waals surface area contributed by atoms with Gasteiger partial charge in [-0.2, -0.15) is 5.10 Å². The molecule has 0 atom stereocenters. The Morgan fingerprint density at radius 1 is 1.33 bits per heavy atom. The van der Waals surface area contributed by atoms with Crippen LogP contribution in [0.25, 0.3) is 22.5 Å². The molecule has 7 nitrogen and oxygen atoms in total. The van der Waals surface area contributed by atoms with Gasteiger partial charge in [-0.05, 0) is 51.8 Å². The van der Waals surface area contributed by atoms with Crippen molar-refractivity contribution in [2.75, 3.05) is 19.6 Å². The summed E-state index contributed by atoms with van der Waals surface area (Å²) in [5.41, 5.74) is 4.06. The first-order chi connectivity index (χ1) is 14.4. The Morgan fingerprint density at radius 3 is 2.77 bits per heavy atom. The van der Waals surface area contributed by atoms with E-state index in [-0.39, 0.29) is 11.9 Å². The minimum atomic E-state index is -0.0749. The molecule has 4 rings (SSSR count). The van der Waals surface area contributed by atoms with Crippen molar-refractivity contribution in [2.45, 2.75) is 39.7 Å². The number of fused-ring (bicyclic) bond motifs is 1. The maximum absolute atomic E-state index is 13.3. The highest BCUT2D eigenvalue weighted by atomic mass is 16.3. The number of nitrogens with zero attached hydrogens (tertiary/aromatic N) is 4. The number of carbonyl (C=O) groups is 1. The maximum atomic E-state index is 13.3. The van der Waals surface area contributed by atoms with Gasteiger partial charge in [0.1, 0.15) is 5.69 Å². The minimum absolute atomic E-state index is 0.0749. The van der Waals surface area contributed by atoms with Gasteiger partial charge in [0.25, 0.3) is 5.91 Å². The lowest BCUT2D eigenvalue weighted by Crippen LogP contribution is -2.44. The number of nitrogens with one attached hydrogen (secondary N) is 1. The zero-order chi connectivity index (χ0) is 21.3. The molecule has 0 unspecified atom stereocenters. The largest absolute Gasteiger partial charge is 0.463 e. The molecule has 7 heteroatoms. The molecule has 3 aromatic heterocycles. The topological polar surface area (TPSA) is 76.2 Å². The van der Waals surface area contributed by atoms with Crippen LogP contribution in [0.2, 0.25) is 0 Å². The highest BCUT2D eigenvalue weighted by Gasteiger charge is 2.24. The van der Waals surface area contributed by atoms with Crippen LogP contribution in [0.5, 0.6) is 0 Å². The molecule has 0 aromatic carbocycles. The summed E-state index contributed by atoms with van der Waals surface area (Å²) in [5.74, 6) is 0.562. The van der Waals surface area contributed by atoms with Crippen LogP contribution in [-0.2, 0) is 7.05 Å². The van der Waals surface area contributed by atoms with E-state index in [2.05, 4.69) is 40.2 Å². The summed E-state index contributed by atoms with van der Waals surface area (Å²) in [4.78, 5) is 20.4. The molecular formula is C23H29N5O2. The van der Waals surface area contributed by atoms with Crippen molar-refractivity contribution in [1.82, 2.24) is 25.0 Å². The van der Waals surface area contributed by atoms with E-state index in [1.165, 1.54) is 5.57 Å². The highest BCUT2D eigenvalue weighted by molar-refractivity contribution is 6.07. The Morgan fingerprint density at radius 2 is 2.10 bits per heavy atom. The molecular weight excluding hydrogens is 378 g/mol. The van der Waals surface area contributed by atoms with E-state index in [0.29, 0.717) is 22.7 Å². The SMILES string of the molecule is CC(C)=CCN1CCC(NC(=O)c2cc(-c3ccco3)nc3c2c(C)nn3C)CC1. The van der Waals surface area contributed by atoms with Gasteiger partial charge >= 0.3 is 0 Å². The summed E-state index contributed by atoms with van der Waals surface area (Å²) in [6.45, 7) is 9.12. The summed E-state index contributed by atoms with van der Waals surface area (Å²) < 4.78 is 7.24. The van der Waals surface area contributed by atoms with Crippen molar-refractivity contribution in [3.05, 3.63) is 47.4 Å². The number of aromatic nitrogens is 3. The number of likely N-dealkylation sites (tertiary alicyclic amines) is 1. The number of hydrogen-bond acceptors (Lipinski definition) is 5. The molecule has 1 fully saturated rings. The van der Waals surface area contributed by atoms with E-state index in [1.54, 1.807) is 10.9 Å². The lowest BCUT2D eigenvalue weighted by atomic mass is 10.0. The Labute approximate surface area is 176 Å². The smallest absolute Gasteiger partial charge is 0.252 e. The molecule has 0 spiro atoms. The first-order valence-corrected chi connectivity index (χ1v) is 10.5. The molecule has 30 heavy (non-hydrogen) atoms. The van der Waals surface area contributed by atoms with Gasteiger partial charge in [0.2, 0.25) is 0 Å². The number of piperidine rings is 1. The molecule has 1 aliphatic heterocycles. The third-order valence-electron chi connectivity index (χ3n) is 5.67. The lowest BCUT2D eigenvalue weighted by Gasteiger charge is -2.31. The van der Waals surface area contributed by atoms with Crippen LogP contribution in [0.3, 0.4) is 0 Å². The minimum Gasteiger partial charge on any atom is -0.463 e. The molecule has 158 valence electrons. The van der Waals surface area contributed by atoms with Crippen LogP contribution < -0.4 is 5.32 Å². The van der Waals surface area contributed by atoms with Crippen molar-refractivity contribution in [2.24, 2.45) is 7.05 Å². The third kappa shape index (κ3) is 4.16.